The first-order valence-electron chi connectivity index (χ1n) is 6.73. The van der Waals surface area contributed by atoms with Crippen LogP contribution in [-0.4, -0.2) is 42.4 Å². The molecule has 0 aliphatic carbocycles. The molecular formula is C14H22N4O3. The topological polar surface area (TPSA) is 102 Å². The van der Waals surface area contributed by atoms with Crippen molar-refractivity contribution < 1.29 is 9.72 Å². The van der Waals surface area contributed by atoms with Gasteiger partial charge < -0.3 is 16.0 Å². The second-order valence-corrected chi connectivity index (χ2v) is 5.48. The van der Waals surface area contributed by atoms with E-state index in [2.05, 4.69) is 5.32 Å². The van der Waals surface area contributed by atoms with E-state index in [4.69, 9.17) is 5.73 Å². The minimum absolute atomic E-state index is 0.0683. The molecule has 0 saturated carbocycles. The standard InChI is InChI=1S/C14H22N4O3/c1-9(2)11(15)8-16-12-7-10(14(19)17(3)4)5-6-13(12)18(20)21/h5-7,9,11,16H,8,15H2,1-4H3. The molecule has 0 fully saturated rings. The zero-order valence-electron chi connectivity index (χ0n) is 12.8. The number of nitro benzene ring substituents is 1. The average Bonchev–Trinajstić information content (AvgIpc) is 2.42. The van der Waals surface area contributed by atoms with Gasteiger partial charge >= 0.3 is 0 Å². The zero-order chi connectivity index (χ0) is 16.2. The van der Waals surface area contributed by atoms with Crippen molar-refractivity contribution in [2.45, 2.75) is 19.9 Å². The Hall–Kier alpha value is -2.15. The molecule has 21 heavy (non-hydrogen) atoms. The van der Waals surface area contributed by atoms with E-state index in [9.17, 15) is 14.9 Å². The van der Waals surface area contributed by atoms with E-state index < -0.39 is 4.92 Å². The molecule has 7 nitrogen and oxygen atoms in total. The van der Waals surface area contributed by atoms with E-state index in [1.165, 1.54) is 23.1 Å². The minimum atomic E-state index is -0.479. The van der Waals surface area contributed by atoms with E-state index in [0.717, 1.165) is 0 Å². The molecule has 7 heteroatoms. The molecule has 0 aliphatic heterocycles. The lowest BCUT2D eigenvalue weighted by atomic mass is 10.1. The Morgan fingerprint density at radius 3 is 2.52 bits per heavy atom. The summed E-state index contributed by atoms with van der Waals surface area (Å²) in [7, 11) is 3.26. The van der Waals surface area contributed by atoms with Gasteiger partial charge in [-0.1, -0.05) is 13.8 Å². The molecule has 1 aromatic rings. The number of amides is 1. The maximum Gasteiger partial charge on any atom is 0.292 e. The van der Waals surface area contributed by atoms with Gasteiger partial charge in [0, 0.05) is 38.3 Å². The Balaban J connectivity index is 3.04. The number of nitrogens with two attached hydrogens (primary N) is 1. The van der Waals surface area contributed by atoms with Crippen molar-refractivity contribution in [3.8, 4) is 0 Å². The first kappa shape index (κ1) is 16.9. The third-order valence-electron chi connectivity index (χ3n) is 3.23. The van der Waals surface area contributed by atoms with Crippen LogP contribution in [0, 0.1) is 16.0 Å². The maximum absolute atomic E-state index is 11.9. The molecule has 0 saturated heterocycles. The zero-order valence-corrected chi connectivity index (χ0v) is 12.8. The van der Waals surface area contributed by atoms with Gasteiger partial charge in [0.15, 0.2) is 0 Å². The number of benzene rings is 1. The van der Waals surface area contributed by atoms with Crippen LogP contribution < -0.4 is 11.1 Å². The molecular weight excluding hydrogens is 272 g/mol. The van der Waals surface area contributed by atoms with Crippen LogP contribution in [0.15, 0.2) is 18.2 Å². The number of carbonyl (C=O) groups is 1. The fraction of sp³-hybridized carbons (Fsp3) is 0.500. The molecule has 0 spiro atoms. The number of hydrogen-bond donors (Lipinski definition) is 2. The highest BCUT2D eigenvalue weighted by Gasteiger charge is 2.18. The monoisotopic (exact) mass is 294 g/mol. The number of anilines is 1. The van der Waals surface area contributed by atoms with Gasteiger partial charge in [0.05, 0.1) is 4.92 Å². The Morgan fingerprint density at radius 2 is 2.05 bits per heavy atom. The van der Waals surface area contributed by atoms with E-state index >= 15 is 0 Å². The van der Waals surface area contributed by atoms with Gasteiger partial charge in [-0.25, -0.2) is 0 Å². The van der Waals surface area contributed by atoms with Gasteiger partial charge in [0.2, 0.25) is 0 Å². The molecule has 1 atom stereocenters. The van der Waals surface area contributed by atoms with E-state index in [0.29, 0.717) is 17.8 Å². The molecule has 0 heterocycles. The molecule has 1 unspecified atom stereocenters. The van der Waals surface area contributed by atoms with Crippen LogP contribution in [0.4, 0.5) is 11.4 Å². The highest BCUT2D eigenvalue weighted by atomic mass is 16.6. The van der Waals surface area contributed by atoms with Crippen molar-refractivity contribution in [1.82, 2.24) is 4.90 Å². The second kappa shape index (κ2) is 7.03. The molecule has 1 rings (SSSR count). The van der Waals surface area contributed by atoms with E-state index in [-0.39, 0.29) is 23.6 Å². The smallest absolute Gasteiger partial charge is 0.292 e. The van der Waals surface area contributed by atoms with Crippen LogP contribution in [0.2, 0.25) is 0 Å². The van der Waals surface area contributed by atoms with Gasteiger partial charge in [-0.15, -0.1) is 0 Å². The summed E-state index contributed by atoms with van der Waals surface area (Å²) in [6.07, 6.45) is 0. The molecule has 0 radical (unpaired) electrons. The number of carbonyl (C=O) groups excluding carboxylic acids is 1. The fourth-order valence-electron chi connectivity index (χ4n) is 1.69. The summed E-state index contributed by atoms with van der Waals surface area (Å²) in [6.45, 7) is 4.36. The largest absolute Gasteiger partial charge is 0.378 e. The van der Waals surface area contributed by atoms with Crippen molar-refractivity contribution >= 4 is 17.3 Å². The summed E-state index contributed by atoms with van der Waals surface area (Å²) in [5.74, 6) is 0.0456. The third kappa shape index (κ3) is 4.42. The van der Waals surface area contributed by atoms with Crippen LogP contribution in [-0.2, 0) is 0 Å². The summed E-state index contributed by atoms with van der Waals surface area (Å²) in [4.78, 5) is 23.9. The minimum Gasteiger partial charge on any atom is -0.378 e. The number of nitrogens with zero attached hydrogens (tertiary/aromatic N) is 2. The Morgan fingerprint density at radius 1 is 1.43 bits per heavy atom. The van der Waals surface area contributed by atoms with Crippen LogP contribution in [0.3, 0.4) is 0 Å². The highest BCUT2D eigenvalue weighted by molar-refractivity contribution is 5.95. The Labute approximate surface area is 124 Å². The summed E-state index contributed by atoms with van der Waals surface area (Å²) in [5, 5.41) is 14.0. The van der Waals surface area contributed by atoms with Gasteiger partial charge in [-0.3, -0.25) is 14.9 Å². The maximum atomic E-state index is 11.9. The molecule has 116 valence electrons. The lowest BCUT2D eigenvalue weighted by molar-refractivity contribution is -0.384. The van der Waals surface area contributed by atoms with Crippen molar-refractivity contribution in [3.63, 3.8) is 0 Å². The summed E-state index contributed by atoms with van der Waals surface area (Å²) < 4.78 is 0. The predicted octanol–water partition coefficient (Wildman–Crippen LogP) is 1.69. The number of hydrogen-bond acceptors (Lipinski definition) is 5. The number of rotatable bonds is 6. The van der Waals surface area contributed by atoms with Crippen molar-refractivity contribution in [2.75, 3.05) is 26.0 Å². The van der Waals surface area contributed by atoms with Gasteiger partial charge in [0.1, 0.15) is 5.69 Å². The fourth-order valence-corrected chi connectivity index (χ4v) is 1.69. The van der Waals surface area contributed by atoms with Crippen LogP contribution in [0.5, 0.6) is 0 Å². The van der Waals surface area contributed by atoms with Gasteiger partial charge in [-0.05, 0) is 18.1 Å². The average molecular weight is 294 g/mol. The highest BCUT2D eigenvalue weighted by Crippen LogP contribution is 2.26. The predicted molar refractivity (Wildman–Crippen MR) is 82.4 cm³/mol. The quantitative estimate of drug-likeness (QED) is 0.614. The van der Waals surface area contributed by atoms with E-state index in [1.54, 1.807) is 14.1 Å². The van der Waals surface area contributed by atoms with Crippen LogP contribution >= 0.6 is 0 Å². The Kier molecular flexibility index (Phi) is 5.66. The molecule has 1 aromatic carbocycles. The molecule has 1 amide bonds. The van der Waals surface area contributed by atoms with Crippen LogP contribution in [0.1, 0.15) is 24.2 Å². The molecule has 0 bridgehead atoms. The SMILES string of the molecule is CC(C)C(N)CNc1cc(C(=O)N(C)C)ccc1[N+](=O)[O-]. The van der Waals surface area contributed by atoms with Gasteiger partial charge in [-0.2, -0.15) is 0 Å². The van der Waals surface area contributed by atoms with Gasteiger partial charge in [0.25, 0.3) is 11.6 Å². The second-order valence-electron chi connectivity index (χ2n) is 5.48. The molecule has 3 N–H and O–H groups in total. The number of nitrogens with one attached hydrogen (secondary N) is 1. The first-order valence-corrected chi connectivity index (χ1v) is 6.73. The van der Waals surface area contributed by atoms with Crippen molar-refractivity contribution in [1.29, 1.82) is 0 Å². The molecule has 0 aromatic heterocycles. The lowest BCUT2D eigenvalue weighted by Crippen LogP contribution is -2.34. The summed E-state index contributed by atoms with van der Waals surface area (Å²) in [6, 6.07) is 4.15. The summed E-state index contributed by atoms with van der Waals surface area (Å²) in [5.41, 5.74) is 6.56. The summed E-state index contributed by atoms with van der Waals surface area (Å²) >= 11 is 0. The Bertz CT molecular complexity index is 529. The van der Waals surface area contributed by atoms with Crippen molar-refractivity contribution in [3.05, 3.63) is 33.9 Å². The molecule has 0 aliphatic rings. The van der Waals surface area contributed by atoms with Crippen molar-refractivity contribution in [2.24, 2.45) is 11.7 Å². The number of nitro groups is 1. The van der Waals surface area contributed by atoms with Crippen LogP contribution in [0.25, 0.3) is 0 Å². The first-order chi connectivity index (χ1) is 9.73. The normalized spacial score (nSPS) is 12.1. The third-order valence-corrected chi connectivity index (χ3v) is 3.23. The lowest BCUT2D eigenvalue weighted by Gasteiger charge is -2.17. The van der Waals surface area contributed by atoms with E-state index in [1.807, 2.05) is 13.8 Å².